The molecule has 9 heteroatoms. The molecule has 0 fully saturated rings. The standard InChI is InChI=1S/C25H23BrN4O3S/c1-19-2-12-24(13-3-19)34(32,33)30(23-10-6-21(26)7-11-23)17-25(31)28-16-20-4-8-22(9-5-20)29-15-14-27-18-29/h2-15,18H,16-17H2,1H3,(H,28,31). The predicted molar refractivity (Wildman–Crippen MR) is 135 cm³/mol. The van der Waals surface area contributed by atoms with Gasteiger partial charge in [-0.2, -0.15) is 0 Å². The number of imidazole rings is 1. The fourth-order valence-electron chi connectivity index (χ4n) is 3.34. The fourth-order valence-corrected chi connectivity index (χ4v) is 5.03. The molecule has 0 aliphatic rings. The maximum atomic E-state index is 13.4. The van der Waals surface area contributed by atoms with E-state index in [-0.39, 0.29) is 18.0 Å². The van der Waals surface area contributed by atoms with Crippen molar-refractivity contribution in [3.63, 3.8) is 0 Å². The average Bonchev–Trinajstić information content (AvgIpc) is 3.37. The van der Waals surface area contributed by atoms with Crippen molar-refractivity contribution < 1.29 is 13.2 Å². The first-order chi connectivity index (χ1) is 16.3. The van der Waals surface area contributed by atoms with E-state index in [1.165, 1.54) is 0 Å². The van der Waals surface area contributed by atoms with E-state index in [0.717, 1.165) is 25.6 Å². The first-order valence-corrected chi connectivity index (χ1v) is 12.8. The van der Waals surface area contributed by atoms with E-state index in [9.17, 15) is 13.2 Å². The van der Waals surface area contributed by atoms with Crippen LogP contribution in [0.3, 0.4) is 0 Å². The molecule has 0 aliphatic carbocycles. The van der Waals surface area contributed by atoms with Gasteiger partial charge in [-0.3, -0.25) is 9.10 Å². The van der Waals surface area contributed by atoms with Gasteiger partial charge in [0.05, 0.1) is 16.9 Å². The molecule has 4 aromatic rings. The molecule has 0 aliphatic heterocycles. The van der Waals surface area contributed by atoms with Crippen molar-refractivity contribution in [1.29, 1.82) is 0 Å². The Morgan fingerprint density at radius 2 is 1.68 bits per heavy atom. The molecule has 34 heavy (non-hydrogen) atoms. The van der Waals surface area contributed by atoms with Crippen molar-refractivity contribution >= 4 is 37.5 Å². The van der Waals surface area contributed by atoms with E-state index in [4.69, 9.17) is 0 Å². The molecule has 1 amide bonds. The molecule has 0 spiro atoms. The molecule has 0 atom stereocenters. The highest BCUT2D eigenvalue weighted by atomic mass is 79.9. The highest BCUT2D eigenvalue weighted by Gasteiger charge is 2.27. The number of nitrogens with zero attached hydrogens (tertiary/aromatic N) is 3. The van der Waals surface area contributed by atoms with Gasteiger partial charge in [-0.1, -0.05) is 45.8 Å². The van der Waals surface area contributed by atoms with Crippen molar-refractivity contribution in [3.8, 4) is 5.69 Å². The summed E-state index contributed by atoms with van der Waals surface area (Å²) >= 11 is 3.36. The third-order valence-corrected chi connectivity index (χ3v) is 7.56. The Morgan fingerprint density at radius 1 is 1.00 bits per heavy atom. The van der Waals surface area contributed by atoms with Gasteiger partial charge in [0, 0.05) is 29.1 Å². The SMILES string of the molecule is Cc1ccc(S(=O)(=O)N(CC(=O)NCc2ccc(-n3ccnc3)cc2)c2ccc(Br)cc2)cc1. The summed E-state index contributed by atoms with van der Waals surface area (Å²) in [6.07, 6.45) is 5.26. The number of hydrogen-bond donors (Lipinski definition) is 1. The van der Waals surface area contributed by atoms with Gasteiger partial charge in [-0.25, -0.2) is 13.4 Å². The van der Waals surface area contributed by atoms with Gasteiger partial charge in [-0.15, -0.1) is 0 Å². The molecule has 0 radical (unpaired) electrons. The van der Waals surface area contributed by atoms with Crippen LogP contribution in [0.15, 0.2) is 101 Å². The van der Waals surface area contributed by atoms with Crippen LogP contribution < -0.4 is 9.62 Å². The number of amides is 1. The van der Waals surface area contributed by atoms with Crippen LogP contribution in [0, 0.1) is 6.92 Å². The molecule has 1 heterocycles. The number of carbonyl (C=O) groups excluding carboxylic acids is 1. The normalized spacial score (nSPS) is 11.2. The van der Waals surface area contributed by atoms with E-state index < -0.39 is 15.9 Å². The van der Waals surface area contributed by atoms with Crippen LogP contribution in [0.25, 0.3) is 5.69 Å². The Bertz CT molecular complexity index is 1350. The summed E-state index contributed by atoms with van der Waals surface area (Å²) in [6.45, 7) is 1.82. The van der Waals surface area contributed by atoms with Gasteiger partial charge >= 0.3 is 0 Å². The van der Waals surface area contributed by atoms with Crippen LogP contribution in [0.1, 0.15) is 11.1 Å². The number of aromatic nitrogens is 2. The first-order valence-electron chi connectivity index (χ1n) is 10.5. The topological polar surface area (TPSA) is 84.3 Å². The van der Waals surface area contributed by atoms with Crippen molar-refractivity contribution in [2.45, 2.75) is 18.4 Å². The Morgan fingerprint density at radius 3 is 2.29 bits per heavy atom. The Kier molecular flexibility index (Phi) is 7.14. The van der Waals surface area contributed by atoms with Crippen molar-refractivity contribution in [2.75, 3.05) is 10.8 Å². The number of hydrogen-bond acceptors (Lipinski definition) is 4. The van der Waals surface area contributed by atoms with Gasteiger partial charge in [0.15, 0.2) is 0 Å². The lowest BCUT2D eigenvalue weighted by Crippen LogP contribution is -2.40. The lowest BCUT2D eigenvalue weighted by Gasteiger charge is -2.24. The zero-order valence-corrected chi connectivity index (χ0v) is 20.8. The summed E-state index contributed by atoms with van der Waals surface area (Å²) in [7, 11) is -3.94. The molecule has 0 saturated heterocycles. The number of aryl methyl sites for hydroxylation is 1. The van der Waals surface area contributed by atoms with E-state index in [2.05, 4.69) is 26.2 Å². The third-order valence-electron chi connectivity index (χ3n) is 5.24. The van der Waals surface area contributed by atoms with E-state index in [0.29, 0.717) is 5.69 Å². The molecule has 1 aromatic heterocycles. The third kappa shape index (κ3) is 5.55. The lowest BCUT2D eigenvalue weighted by molar-refractivity contribution is -0.119. The Balaban J connectivity index is 1.50. The Labute approximate surface area is 207 Å². The molecule has 7 nitrogen and oxygen atoms in total. The van der Waals surface area contributed by atoms with Gasteiger partial charge in [-0.05, 0) is 61.0 Å². The fraction of sp³-hybridized carbons (Fsp3) is 0.120. The summed E-state index contributed by atoms with van der Waals surface area (Å²) in [4.78, 5) is 17.0. The van der Waals surface area contributed by atoms with Gasteiger partial charge in [0.2, 0.25) is 5.91 Å². The molecule has 0 unspecified atom stereocenters. The summed E-state index contributed by atoms with van der Waals surface area (Å²) < 4.78 is 30.7. The second kappa shape index (κ2) is 10.2. The van der Waals surface area contributed by atoms with Crippen molar-refractivity contribution in [3.05, 3.63) is 107 Å². The number of benzene rings is 3. The molecular weight excluding hydrogens is 516 g/mol. The zero-order valence-electron chi connectivity index (χ0n) is 18.4. The largest absolute Gasteiger partial charge is 0.350 e. The molecule has 4 rings (SSSR count). The second-order valence-corrected chi connectivity index (χ2v) is 10.5. The summed E-state index contributed by atoms with van der Waals surface area (Å²) in [5.74, 6) is -0.405. The number of halogens is 1. The maximum Gasteiger partial charge on any atom is 0.264 e. The lowest BCUT2D eigenvalue weighted by atomic mass is 10.2. The molecule has 1 N–H and O–H groups in total. The van der Waals surface area contributed by atoms with Crippen LogP contribution in [0.4, 0.5) is 5.69 Å². The maximum absolute atomic E-state index is 13.4. The number of anilines is 1. The smallest absolute Gasteiger partial charge is 0.264 e. The van der Waals surface area contributed by atoms with Crippen molar-refractivity contribution in [2.24, 2.45) is 0 Å². The first kappa shape index (κ1) is 23.7. The minimum absolute atomic E-state index is 0.129. The molecule has 3 aromatic carbocycles. The van der Waals surface area contributed by atoms with Crippen LogP contribution in [-0.2, 0) is 21.4 Å². The van der Waals surface area contributed by atoms with E-state index in [1.807, 2.05) is 42.0 Å². The van der Waals surface area contributed by atoms with Crippen LogP contribution in [-0.4, -0.2) is 30.4 Å². The van der Waals surface area contributed by atoms with Crippen LogP contribution in [0.2, 0.25) is 0 Å². The summed E-state index contributed by atoms with van der Waals surface area (Å²) in [5.41, 5.74) is 3.21. The van der Waals surface area contributed by atoms with Gasteiger partial charge in [0.1, 0.15) is 6.54 Å². The molecule has 0 bridgehead atoms. The minimum atomic E-state index is -3.94. The summed E-state index contributed by atoms with van der Waals surface area (Å²) in [5, 5.41) is 2.82. The Hall–Kier alpha value is -3.43. The average molecular weight is 539 g/mol. The van der Waals surface area contributed by atoms with E-state index >= 15 is 0 Å². The number of rotatable bonds is 8. The molecular formula is C25H23BrN4O3S. The number of nitrogens with one attached hydrogen (secondary N) is 1. The molecule has 0 saturated carbocycles. The highest BCUT2D eigenvalue weighted by molar-refractivity contribution is 9.10. The minimum Gasteiger partial charge on any atom is -0.350 e. The monoisotopic (exact) mass is 538 g/mol. The van der Waals surface area contributed by atoms with Gasteiger partial charge in [0.25, 0.3) is 10.0 Å². The van der Waals surface area contributed by atoms with Crippen LogP contribution in [0.5, 0.6) is 0 Å². The summed E-state index contributed by atoms with van der Waals surface area (Å²) in [6, 6.07) is 21.1. The van der Waals surface area contributed by atoms with Crippen molar-refractivity contribution in [1.82, 2.24) is 14.9 Å². The number of carbonyl (C=O) groups is 1. The highest BCUT2D eigenvalue weighted by Crippen LogP contribution is 2.25. The van der Waals surface area contributed by atoms with E-state index in [1.54, 1.807) is 61.1 Å². The number of sulfonamides is 1. The van der Waals surface area contributed by atoms with Crippen LogP contribution >= 0.6 is 15.9 Å². The molecule has 174 valence electrons. The second-order valence-electron chi connectivity index (χ2n) is 7.71. The predicted octanol–water partition coefficient (Wildman–Crippen LogP) is 4.45. The quantitative estimate of drug-likeness (QED) is 0.359. The van der Waals surface area contributed by atoms with Gasteiger partial charge < -0.3 is 9.88 Å². The zero-order chi connectivity index (χ0) is 24.1.